The van der Waals surface area contributed by atoms with Crippen LogP contribution >= 0.6 is 0 Å². The molecule has 2 fully saturated rings. The first kappa shape index (κ1) is 26.2. The molecule has 1 aromatic carbocycles. The number of hydrogen-bond acceptors (Lipinski definition) is 4. The Labute approximate surface area is 205 Å². The lowest BCUT2D eigenvalue weighted by atomic mass is 10.0. The predicted octanol–water partition coefficient (Wildman–Crippen LogP) is 5.31. The van der Waals surface area contributed by atoms with E-state index in [0.717, 1.165) is 56.9 Å². The molecule has 3 amide bonds. The van der Waals surface area contributed by atoms with E-state index in [-0.39, 0.29) is 12.1 Å². The van der Waals surface area contributed by atoms with Crippen LogP contribution in [-0.2, 0) is 11.2 Å². The van der Waals surface area contributed by atoms with Crippen molar-refractivity contribution in [2.45, 2.75) is 90.2 Å². The molecule has 34 heavy (non-hydrogen) atoms. The third kappa shape index (κ3) is 9.43. The Bertz CT molecular complexity index is 761. The molecule has 1 saturated carbocycles. The second-order valence-corrected chi connectivity index (χ2v) is 10.8. The number of amides is 3. The van der Waals surface area contributed by atoms with E-state index in [9.17, 15) is 9.59 Å². The van der Waals surface area contributed by atoms with Crippen molar-refractivity contribution in [1.82, 2.24) is 15.5 Å². The van der Waals surface area contributed by atoms with Crippen LogP contribution in [-0.4, -0.2) is 54.8 Å². The fraction of sp³-hybridized carbons (Fsp3) is 0.704. The first-order chi connectivity index (χ1) is 16.3. The molecule has 0 atom stereocenters. The van der Waals surface area contributed by atoms with Gasteiger partial charge in [0.05, 0.1) is 0 Å². The number of anilines is 1. The molecule has 0 aromatic heterocycles. The Morgan fingerprint density at radius 2 is 1.65 bits per heavy atom. The zero-order valence-corrected chi connectivity index (χ0v) is 21.3. The summed E-state index contributed by atoms with van der Waals surface area (Å²) >= 11 is 0. The van der Waals surface area contributed by atoms with Gasteiger partial charge in [0.15, 0.2) is 0 Å². The minimum atomic E-state index is -0.480. The highest BCUT2D eigenvalue weighted by atomic mass is 16.6. The van der Waals surface area contributed by atoms with Gasteiger partial charge in [0, 0.05) is 37.9 Å². The van der Waals surface area contributed by atoms with E-state index in [1.54, 1.807) is 0 Å². The molecule has 7 heteroatoms. The van der Waals surface area contributed by atoms with E-state index >= 15 is 0 Å². The highest BCUT2D eigenvalue weighted by molar-refractivity contribution is 5.74. The molecule has 7 nitrogen and oxygen atoms in total. The van der Waals surface area contributed by atoms with Crippen LogP contribution in [0.2, 0.25) is 0 Å². The predicted molar refractivity (Wildman–Crippen MR) is 137 cm³/mol. The average Bonchev–Trinajstić information content (AvgIpc) is 3.31. The van der Waals surface area contributed by atoms with E-state index in [4.69, 9.17) is 4.74 Å². The highest BCUT2D eigenvalue weighted by Crippen LogP contribution is 2.28. The number of carbonyl (C=O) groups excluding carboxylic acids is 2. The highest BCUT2D eigenvalue weighted by Gasteiger charge is 2.23. The molecule has 0 spiro atoms. The number of benzene rings is 1. The lowest BCUT2D eigenvalue weighted by Gasteiger charge is -2.33. The molecule has 0 bridgehead atoms. The summed E-state index contributed by atoms with van der Waals surface area (Å²) in [6, 6.07) is 8.83. The van der Waals surface area contributed by atoms with Crippen molar-refractivity contribution >= 4 is 17.8 Å². The zero-order chi connectivity index (χ0) is 24.4. The number of likely N-dealkylation sites (tertiary alicyclic amines) is 1. The summed E-state index contributed by atoms with van der Waals surface area (Å²) in [6.07, 6.45) is 10.2. The Kier molecular flexibility index (Phi) is 9.90. The van der Waals surface area contributed by atoms with Crippen LogP contribution in [0.25, 0.3) is 0 Å². The van der Waals surface area contributed by atoms with Crippen molar-refractivity contribution in [2.75, 3.05) is 31.5 Å². The Morgan fingerprint density at radius 3 is 2.29 bits per heavy atom. The van der Waals surface area contributed by atoms with Crippen LogP contribution in [0.4, 0.5) is 15.3 Å². The van der Waals surface area contributed by atoms with E-state index in [0.29, 0.717) is 12.6 Å². The Balaban J connectivity index is 1.28. The van der Waals surface area contributed by atoms with Gasteiger partial charge in [-0.1, -0.05) is 37.8 Å². The number of hydrogen-bond donors (Lipinski definition) is 3. The maximum Gasteiger partial charge on any atom is 0.407 e. The van der Waals surface area contributed by atoms with Crippen LogP contribution in [0.15, 0.2) is 24.3 Å². The molecular weight excluding hydrogens is 428 g/mol. The van der Waals surface area contributed by atoms with Gasteiger partial charge in [-0.2, -0.15) is 0 Å². The molecule has 3 rings (SSSR count). The smallest absolute Gasteiger partial charge is 0.407 e. The second-order valence-electron chi connectivity index (χ2n) is 10.8. The van der Waals surface area contributed by atoms with Crippen molar-refractivity contribution in [3.8, 4) is 0 Å². The molecule has 3 N–H and O–H groups in total. The van der Waals surface area contributed by atoms with Gasteiger partial charge in [0.25, 0.3) is 0 Å². The quantitative estimate of drug-likeness (QED) is 0.425. The van der Waals surface area contributed by atoms with Gasteiger partial charge in [-0.05, 0) is 76.5 Å². The number of ether oxygens (including phenoxy) is 1. The number of urea groups is 1. The molecule has 1 aliphatic carbocycles. The molecule has 0 radical (unpaired) electrons. The number of carbonyl (C=O) groups is 2. The maximum atomic E-state index is 12.5. The largest absolute Gasteiger partial charge is 0.444 e. The first-order valence-corrected chi connectivity index (χ1v) is 13.1. The molecule has 1 aliphatic heterocycles. The normalized spacial score (nSPS) is 17.4. The fourth-order valence-electron chi connectivity index (χ4n) is 4.85. The number of piperidine rings is 1. The van der Waals surface area contributed by atoms with Gasteiger partial charge in [-0.15, -0.1) is 0 Å². The Morgan fingerprint density at radius 1 is 0.971 bits per heavy atom. The number of rotatable bonds is 9. The van der Waals surface area contributed by atoms with Crippen molar-refractivity contribution in [2.24, 2.45) is 5.92 Å². The summed E-state index contributed by atoms with van der Waals surface area (Å²) in [7, 11) is 0. The number of nitrogens with one attached hydrogen (secondary N) is 3. The third-order valence-electron chi connectivity index (χ3n) is 6.73. The van der Waals surface area contributed by atoms with Gasteiger partial charge in [0.1, 0.15) is 5.60 Å². The van der Waals surface area contributed by atoms with Crippen LogP contribution < -0.4 is 16.0 Å². The van der Waals surface area contributed by atoms with Gasteiger partial charge < -0.3 is 25.6 Å². The molecule has 1 saturated heterocycles. The van der Waals surface area contributed by atoms with Crippen molar-refractivity contribution in [3.05, 3.63) is 29.8 Å². The molecule has 2 aliphatic rings. The number of alkyl carbamates (subject to hydrolysis) is 1. The number of nitrogens with zero attached hydrogens (tertiary/aromatic N) is 1. The zero-order valence-electron chi connectivity index (χ0n) is 21.3. The molecule has 1 aromatic rings. The minimum absolute atomic E-state index is 0.0919. The summed E-state index contributed by atoms with van der Waals surface area (Å²) in [5.41, 5.74) is 1.78. The van der Waals surface area contributed by atoms with Crippen LogP contribution in [0.1, 0.15) is 77.7 Å². The molecule has 190 valence electrons. The molecule has 0 unspecified atom stereocenters. The first-order valence-electron chi connectivity index (χ1n) is 13.1. The van der Waals surface area contributed by atoms with Crippen molar-refractivity contribution in [1.29, 1.82) is 0 Å². The molecule has 1 heterocycles. The molecular formula is C27H44N4O3. The van der Waals surface area contributed by atoms with Gasteiger partial charge in [-0.3, -0.25) is 0 Å². The van der Waals surface area contributed by atoms with E-state index in [2.05, 4.69) is 40.2 Å². The minimum Gasteiger partial charge on any atom is -0.444 e. The van der Waals surface area contributed by atoms with E-state index in [1.165, 1.54) is 37.7 Å². The second kappa shape index (κ2) is 12.9. The van der Waals surface area contributed by atoms with E-state index < -0.39 is 5.60 Å². The SMILES string of the molecule is CC(C)(C)OC(=O)NCCc1ccc(NC2CCN(C(=O)NCCCC3CCCC3)CC2)cc1. The van der Waals surface area contributed by atoms with Crippen LogP contribution in [0, 0.1) is 5.92 Å². The average molecular weight is 473 g/mol. The maximum absolute atomic E-state index is 12.5. The summed E-state index contributed by atoms with van der Waals surface area (Å²) in [5.74, 6) is 0.890. The van der Waals surface area contributed by atoms with Crippen molar-refractivity contribution < 1.29 is 14.3 Å². The Hall–Kier alpha value is -2.44. The standard InChI is InChI=1S/C27H44N4O3/c1-27(2,3)34-26(33)29-18-14-22-10-12-23(13-11-22)30-24-15-19-31(20-16-24)25(32)28-17-6-9-21-7-4-5-8-21/h10-13,21,24,30H,4-9,14-20H2,1-3H3,(H,28,32)(H,29,33). The van der Waals surface area contributed by atoms with Crippen LogP contribution in [0.3, 0.4) is 0 Å². The summed E-state index contributed by atoms with van der Waals surface area (Å²) in [6.45, 7) is 8.50. The summed E-state index contributed by atoms with van der Waals surface area (Å²) < 4.78 is 5.26. The van der Waals surface area contributed by atoms with E-state index in [1.807, 2.05) is 25.7 Å². The van der Waals surface area contributed by atoms with Gasteiger partial charge >= 0.3 is 12.1 Å². The van der Waals surface area contributed by atoms with Gasteiger partial charge in [0.2, 0.25) is 0 Å². The summed E-state index contributed by atoms with van der Waals surface area (Å²) in [5, 5.41) is 9.51. The topological polar surface area (TPSA) is 82.7 Å². The lowest BCUT2D eigenvalue weighted by molar-refractivity contribution is 0.0528. The summed E-state index contributed by atoms with van der Waals surface area (Å²) in [4.78, 5) is 26.1. The van der Waals surface area contributed by atoms with Gasteiger partial charge in [-0.25, -0.2) is 9.59 Å². The van der Waals surface area contributed by atoms with Crippen LogP contribution in [0.5, 0.6) is 0 Å². The monoisotopic (exact) mass is 472 g/mol. The fourth-order valence-corrected chi connectivity index (χ4v) is 4.85. The lowest BCUT2D eigenvalue weighted by Crippen LogP contribution is -2.47. The third-order valence-corrected chi connectivity index (χ3v) is 6.73. The van der Waals surface area contributed by atoms with Crippen molar-refractivity contribution in [3.63, 3.8) is 0 Å².